The summed E-state index contributed by atoms with van der Waals surface area (Å²) in [5.41, 5.74) is 3.05. The Bertz CT molecular complexity index is 821. The summed E-state index contributed by atoms with van der Waals surface area (Å²) in [5, 5.41) is 23.8. The largest absolute Gasteiger partial charge is 0.465 e. The lowest BCUT2D eigenvalue weighted by atomic mass is 9.49. The van der Waals surface area contributed by atoms with Gasteiger partial charge in [0.15, 0.2) is 0 Å². The SMILES string of the molecule is Cc1ccc(CN(CCO)CCCNC(=O)O)cc1C(=O)NCC12CC3CC(CC(C3)C1)C2. The van der Waals surface area contributed by atoms with Crippen molar-refractivity contribution >= 4 is 12.0 Å². The number of benzene rings is 1. The highest BCUT2D eigenvalue weighted by molar-refractivity contribution is 5.95. The van der Waals surface area contributed by atoms with E-state index in [1.54, 1.807) is 0 Å². The molecule has 5 rings (SSSR count). The number of nitrogens with zero attached hydrogens (tertiary/aromatic N) is 1. The molecule has 4 bridgehead atoms. The molecule has 1 aromatic rings. The number of carbonyl (C=O) groups is 2. The van der Waals surface area contributed by atoms with Gasteiger partial charge in [0.05, 0.1) is 6.61 Å². The van der Waals surface area contributed by atoms with Crippen molar-refractivity contribution in [3.8, 4) is 0 Å². The minimum absolute atomic E-state index is 0.0180. The molecule has 33 heavy (non-hydrogen) atoms. The van der Waals surface area contributed by atoms with Gasteiger partial charge in [-0.15, -0.1) is 0 Å². The van der Waals surface area contributed by atoms with Crippen LogP contribution in [0.3, 0.4) is 0 Å². The second kappa shape index (κ2) is 10.4. The third-order valence-corrected chi connectivity index (χ3v) is 8.09. The molecule has 4 aliphatic rings. The number of aliphatic hydroxyl groups is 1. The van der Waals surface area contributed by atoms with Crippen LogP contribution >= 0.6 is 0 Å². The van der Waals surface area contributed by atoms with Crippen molar-refractivity contribution in [3.05, 3.63) is 34.9 Å². The Kier molecular flexibility index (Phi) is 7.59. The molecule has 4 saturated carbocycles. The van der Waals surface area contributed by atoms with Gasteiger partial charge in [-0.3, -0.25) is 9.69 Å². The Morgan fingerprint density at radius 2 is 1.73 bits per heavy atom. The summed E-state index contributed by atoms with van der Waals surface area (Å²) in [7, 11) is 0. The van der Waals surface area contributed by atoms with Gasteiger partial charge in [-0.1, -0.05) is 12.1 Å². The van der Waals surface area contributed by atoms with Crippen molar-refractivity contribution in [2.24, 2.45) is 23.2 Å². The van der Waals surface area contributed by atoms with Crippen molar-refractivity contribution in [3.63, 3.8) is 0 Å². The Balaban J connectivity index is 1.35. The van der Waals surface area contributed by atoms with Gasteiger partial charge in [0.2, 0.25) is 0 Å². The maximum atomic E-state index is 13.2. The number of nitrogens with one attached hydrogen (secondary N) is 2. The fourth-order valence-corrected chi connectivity index (χ4v) is 7.05. The average molecular weight is 458 g/mol. The van der Waals surface area contributed by atoms with Gasteiger partial charge in [-0.2, -0.15) is 0 Å². The first kappa shape index (κ1) is 24.0. The van der Waals surface area contributed by atoms with E-state index in [2.05, 4.69) is 15.5 Å². The number of hydrogen-bond donors (Lipinski definition) is 4. The number of aliphatic hydroxyl groups excluding tert-OH is 1. The molecule has 182 valence electrons. The molecule has 0 spiro atoms. The summed E-state index contributed by atoms with van der Waals surface area (Å²) in [6.45, 7) is 4.98. The lowest BCUT2D eigenvalue weighted by molar-refractivity contribution is -0.0503. The van der Waals surface area contributed by atoms with E-state index < -0.39 is 6.09 Å². The van der Waals surface area contributed by atoms with Crippen LogP contribution in [0.5, 0.6) is 0 Å². The quantitative estimate of drug-likeness (QED) is 0.382. The number of carboxylic acid groups (broad SMARTS) is 1. The zero-order valence-electron chi connectivity index (χ0n) is 19.8. The number of carbonyl (C=O) groups excluding carboxylic acids is 1. The molecular weight excluding hydrogens is 418 g/mol. The van der Waals surface area contributed by atoms with Crippen LogP contribution in [-0.2, 0) is 6.54 Å². The third kappa shape index (κ3) is 6.07. The number of amides is 2. The fraction of sp³-hybridized carbons (Fsp3) is 0.692. The minimum atomic E-state index is -1.02. The van der Waals surface area contributed by atoms with Crippen LogP contribution in [0.4, 0.5) is 4.79 Å². The molecule has 0 aliphatic heterocycles. The van der Waals surface area contributed by atoms with Gasteiger partial charge in [0, 0.05) is 38.3 Å². The van der Waals surface area contributed by atoms with Gasteiger partial charge in [0.1, 0.15) is 0 Å². The van der Waals surface area contributed by atoms with Gasteiger partial charge in [-0.25, -0.2) is 4.79 Å². The lowest BCUT2D eigenvalue weighted by Crippen LogP contribution is -2.51. The Morgan fingerprint density at radius 1 is 1.06 bits per heavy atom. The second-order valence-corrected chi connectivity index (χ2v) is 10.8. The van der Waals surface area contributed by atoms with E-state index in [0.29, 0.717) is 38.0 Å². The topological polar surface area (TPSA) is 102 Å². The molecule has 4 N–H and O–H groups in total. The molecular formula is C26H39N3O4. The smallest absolute Gasteiger partial charge is 0.404 e. The maximum absolute atomic E-state index is 13.2. The molecule has 0 saturated heterocycles. The van der Waals surface area contributed by atoms with Crippen LogP contribution < -0.4 is 10.6 Å². The molecule has 1 aromatic carbocycles. The Labute approximate surface area is 196 Å². The van der Waals surface area contributed by atoms with Crippen LogP contribution in [-0.4, -0.2) is 59.9 Å². The highest BCUT2D eigenvalue weighted by Gasteiger charge is 2.50. The van der Waals surface area contributed by atoms with E-state index in [0.717, 1.165) is 41.0 Å². The molecule has 0 unspecified atom stereocenters. The summed E-state index contributed by atoms with van der Waals surface area (Å²) >= 11 is 0. The standard InChI is InChI=1S/C26H39N3O4/c1-18-3-4-19(16-29(7-8-30)6-2-5-27-25(32)33)12-23(18)24(31)28-17-26-13-20-9-21(14-26)11-22(10-20)15-26/h3-4,12,20-22,27,30H,2,5-11,13-17H2,1H3,(H,28,31)(H,32,33). The van der Waals surface area contributed by atoms with E-state index in [1.807, 2.05) is 25.1 Å². The molecule has 0 radical (unpaired) electrons. The summed E-state index contributed by atoms with van der Waals surface area (Å²) in [4.78, 5) is 25.9. The van der Waals surface area contributed by atoms with Crippen molar-refractivity contribution in [1.29, 1.82) is 0 Å². The Hall–Kier alpha value is -2.12. The molecule has 0 heterocycles. The average Bonchev–Trinajstić information content (AvgIpc) is 2.75. The van der Waals surface area contributed by atoms with Crippen LogP contribution in [0.15, 0.2) is 18.2 Å². The van der Waals surface area contributed by atoms with Gasteiger partial charge in [-0.05, 0) is 92.2 Å². The molecule has 2 amide bonds. The van der Waals surface area contributed by atoms with Gasteiger partial charge >= 0.3 is 6.09 Å². The first-order valence-electron chi connectivity index (χ1n) is 12.5. The monoisotopic (exact) mass is 457 g/mol. The maximum Gasteiger partial charge on any atom is 0.404 e. The summed E-state index contributed by atoms with van der Waals surface area (Å²) in [6.07, 6.45) is 7.71. The normalized spacial score (nSPS) is 27.7. The van der Waals surface area contributed by atoms with Crippen LogP contribution in [0.2, 0.25) is 0 Å². The van der Waals surface area contributed by atoms with Crippen LogP contribution in [0.1, 0.15) is 66.4 Å². The summed E-state index contributed by atoms with van der Waals surface area (Å²) < 4.78 is 0. The zero-order chi connectivity index (χ0) is 23.4. The van der Waals surface area contributed by atoms with E-state index in [1.165, 1.54) is 38.5 Å². The minimum Gasteiger partial charge on any atom is -0.465 e. The zero-order valence-corrected chi connectivity index (χ0v) is 19.8. The van der Waals surface area contributed by atoms with Gasteiger partial charge in [0.25, 0.3) is 5.91 Å². The van der Waals surface area contributed by atoms with Crippen molar-refractivity contribution < 1.29 is 19.8 Å². The number of rotatable bonds is 11. The Morgan fingerprint density at radius 3 is 2.33 bits per heavy atom. The predicted molar refractivity (Wildman–Crippen MR) is 127 cm³/mol. The highest BCUT2D eigenvalue weighted by atomic mass is 16.4. The molecule has 4 aliphatic carbocycles. The lowest BCUT2D eigenvalue weighted by Gasteiger charge is -2.56. The molecule has 7 nitrogen and oxygen atoms in total. The highest BCUT2D eigenvalue weighted by Crippen LogP contribution is 2.59. The molecule has 0 aromatic heterocycles. The van der Waals surface area contributed by atoms with E-state index in [9.17, 15) is 14.7 Å². The van der Waals surface area contributed by atoms with Crippen molar-refractivity contribution in [2.45, 2.75) is 58.4 Å². The van der Waals surface area contributed by atoms with Crippen LogP contribution in [0, 0.1) is 30.1 Å². The summed E-state index contributed by atoms with van der Waals surface area (Å²) in [5.74, 6) is 2.65. The number of hydrogen-bond acceptors (Lipinski definition) is 4. The second-order valence-electron chi connectivity index (χ2n) is 10.8. The van der Waals surface area contributed by atoms with Crippen LogP contribution in [0.25, 0.3) is 0 Å². The van der Waals surface area contributed by atoms with E-state index in [4.69, 9.17) is 5.11 Å². The van der Waals surface area contributed by atoms with Crippen molar-refractivity contribution in [1.82, 2.24) is 15.5 Å². The van der Waals surface area contributed by atoms with E-state index in [-0.39, 0.29) is 12.5 Å². The summed E-state index contributed by atoms with van der Waals surface area (Å²) in [6, 6.07) is 6.01. The molecule has 7 heteroatoms. The van der Waals surface area contributed by atoms with E-state index >= 15 is 0 Å². The first-order chi connectivity index (χ1) is 15.9. The number of aryl methyl sites for hydroxylation is 1. The third-order valence-electron chi connectivity index (χ3n) is 8.09. The first-order valence-corrected chi connectivity index (χ1v) is 12.5. The molecule has 4 fully saturated rings. The fourth-order valence-electron chi connectivity index (χ4n) is 7.05. The van der Waals surface area contributed by atoms with Crippen molar-refractivity contribution in [2.75, 3.05) is 32.8 Å². The molecule has 0 atom stereocenters. The predicted octanol–water partition coefficient (Wildman–Crippen LogP) is 3.39. The van der Waals surface area contributed by atoms with Gasteiger partial charge < -0.3 is 20.8 Å².